The van der Waals surface area contributed by atoms with Crippen molar-refractivity contribution in [2.75, 3.05) is 38.6 Å². The second kappa shape index (κ2) is 7.68. The Labute approximate surface area is 148 Å². The zero-order chi connectivity index (χ0) is 16.9. The van der Waals surface area contributed by atoms with Crippen LogP contribution in [-0.2, 0) is 6.54 Å². The molecule has 1 aliphatic rings. The standard InChI is InChI=1S/C18H23N3O2S/c1-14-5-6-17(22-2)16(12-14)19-18(24)21-9-7-20(8-10-21)13-15-4-3-11-23-15/h3-6,11-12H,7-10,13H2,1-2H3,(H,19,24). The van der Waals surface area contributed by atoms with Crippen LogP contribution in [0.25, 0.3) is 0 Å². The molecule has 2 heterocycles. The van der Waals surface area contributed by atoms with Crippen LogP contribution in [0.5, 0.6) is 5.75 Å². The second-order valence-electron chi connectivity index (χ2n) is 5.98. The predicted octanol–water partition coefficient (Wildman–Crippen LogP) is 3.11. The van der Waals surface area contributed by atoms with Crippen molar-refractivity contribution in [3.8, 4) is 5.75 Å². The Kier molecular flexibility index (Phi) is 5.37. The summed E-state index contributed by atoms with van der Waals surface area (Å²) in [6.07, 6.45) is 1.72. The van der Waals surface area contributed by atoms with Crippen LogP contribution in [0.2, 0.25) is 0 Å². The Balaban J connectivity index is 1.54. The van der Waals surface area contributed by atoms with E-state index in [-0.39, 0.29) is 0 Å². The van der Waals surface area contributed by atoms with Crippen LogP contribution in [0.4, 0.5) is 5.69 Å². The van der Waals surface area contributed by atoms with E-state index in [0.717, 1.165) is 55.0 Å². The van der Waals surface area contributed by atoms with Crippen LogP contribution in [0.1, 0.15) is 11.3 Å². The van der Waals surface area contributed by atoms with E-state index in [1.54, 1.807) is 13.4 Å². The topological polar surface area (TPSA) is 40.9 Å². The summed E-state index contributed by atoms with van der Waals surface area (Å²) in [4.78, 5) is 4.58. The molecule has 1 saturated heterocycles. The second-order valence-corrected chi connectivity index (χ2v) is 6.36. The summed E-state index contributed by atoms with van der Waals surface area (Å²) in [5, 5.41) is 4.07. The predicted molar refractivity (Wildman–Crippen MR) is 99.5 cm³/mol. The number of nitrogens with zero attached hydrogens (tertiary/aromatic N) is 2. The summed E-state index contributed by atoms with van der Waals surface area (Å²) >= 11 is 5.58. The van der Waals surface area contributed by atoms with Crippen LogP contribution in [0.3, 0.4) is 0 Å². The van der Waals surface area contributed by atoms with Gasteiger partial charge >= 0.3 is 0 Å². The molecule has 0 radical (unpaired) electrons. The molecule has 0 bridgehead atoms. The zero-order valence-corrected chi connectivity index (χ0v) is 14.9. The molecule has 1 aliphatic heterocycles. The van der Waals surface area contributed by atoms with Gasteiger partial charge in [0.05, 0.1) is 25.6 Å². The summed E-state index contributed by atoms with van der Waals surface area (Å²) in [6.45, 7) is 6.65. The molecule has 24 heavy (non-hydrogen) atoms. The fraction of sp³-hybridized carbons (Fsp3) is 0.389. The van der Waals surface area contributed by atoms with Gasteiger partial charge in [0.25, 0.3) is 0 Å². The maximum absolute atomic E-state index is 5.58. The molecule has 5 nitrogen and oxygen atoms in total. The van der Waals surface area contributed by atoms with Crippen molar-refractivity contribution in [3.63, 3.8) is 0 Å². The SMILES string of the molecule is COc1ccc(C)cc1NC(=S)N1CCN(Cc2ccco2)CC1. The summed E-state index contributed by atoms with van der Waals surface area (Å²) in [5.41, 5.74) is 2.09. The number of nitrogens with one attached hydrogen (secondary N) is 1. The number of piperazine rings is 1. The zero-order valence-electron chi connectivity index (χ0n) is 14.1. The summed E-state index contributed by atoms with van der Waals surface area (Å²) < 4.78 is 10.8. The molecule has 0 amide bonds. The van der Waals surface area contributed by atoms with Gasteiger partial charge < -0.3 is 19.4 Å². The van der Waals surface area contributed by atoms with E-state index in [0.29, 0.717) is 0 Å². The molecule has 1 aromatic carbocycles. The fourth-order valence-electron chi connectivity index (χ4n) is 2.85. The van der Waals surface area contributed by atoms with Crippen LogP contribution >= 0.6 is 12.2 Å². The molecular weight excluding hydrogens is 322 g/mol. The van der Waals surface area contributed by atoms with Crippen molar-refractivity contribution in [1.29, 1.82) is 0 Å². The molecule has 3 rings (SSSR count). The highest BCUT2D eigenvalue weighted by Crippen LogP contribution is 2.25. The highest BCUT2D eigenvalue weighted by molar-refractivity contribution is 7.80. The molecule has 128 valence electrons. The van der Waals surface area contributed by atoms with Gasteiger partial charge in [-0.15, -0.1) is 0 Å². The summed E-state index contributed by atoms with van der Waals surface area (Å²) in [7, 11) is 1.67. The van der Waals surface area contributed by atoms with Crippen LogP contribution in [-0.4, -0.2) is 48.2 Å². The number of benzene rings is 1. The number of rotatable bonds is 4. The minimum absolute atomic E-state index is 0.747. The first-order chi connectivity index (χ1) is 11.7. The van der Waals surface area contributed by atoms with Gasteiger partial charge in [-0.3, -0.25) is 4.90 Å². The maximum atomic E-state index is 5.58. The third kappa shape index (κ3) is 4.07. The molecule has 0 spiro atoms. The van der Waals surface area contributed by atoms with Crippen molar-refractivity contribution in [2.24, 2.45) is 0 Å². The Morgan fingerprint density at radius 1 is 1.25 bits per heavy atom. The van der Waals surface area contributed by atoms with Gasteiger partial charge in [-0.2, -0.15) is 0 Å². The molecule has 0 atom stereocenters. The average molecular weight is 345 g/mol. The number of ether oxygens (including phenoxy) is 1. The lowest BCUT2D eigenvalue weighted by atomic mass is 10.2. The number of anilines is 1. The largest absolute Gasteiger partial charge is 0.495 e. The van der Waals surface area contributed by atoms with Gasteiger partial charge in [0.15, 0.2) is 5.11 Å². The summed E-state index contributed by atoms with van der Waals surface area (Å²) in [6, 6.07) is 9.99. The Hall–Kier alpha value is -2.05. The van der Waals surface area contributed by atoms with Gasteiger partial charge in [-0.1, -0.05) is 6.07 Å². The summed E-state index contributed by atoms with van der Waals surface area (Å²) in [5.74, 6) is 1.81. The first-order valence-electron chi connectivity index (χ1n) is 8.11. The Morgan fingerprint density at radius 3 is 2.71 bits per heavy atom. The monoisotopic (exact) mass is 345 g/mol. The van der Waals surface area contributed by atoms with E-state index in [2.05, 4.69) is 28.1 Å². The Morgan fingerprint density at radius 2 is 2.04 bits per heavy atom. The molecule has 0 saturated carbocycles. The number of aryl methyl sites for hydroxylation is 1. The van der Waals surface area contributed by atoms with Crippen LogP contribution < -0.4 is 10.1 Å². The van der Waals surface area contributed by atoms with Crippen molar-refractivity contribution >= 4 is 23.0 Å². The molecular formula is C18H23N3O2S. The lowest BCUT2D eigenvalue weighted by Gasteiger charge is -2.35. The third-order valence-corrected chi connectivity index (χ3v) is 4.58. The normalized spacial score (nSPS) is 15.3. The van der Waals surface area contributed by atoms with Gasteiger partial charge in [-0.25, -0.2) is 0 Å². The van der Waals surface area contributed by atoms with Crippen molar-refractivity contribution < 1.29 is 9.15 Å². The fourth-order valence-corrected chi connectivity index (χ4v) is 3.14. The first-order valence-corrected chi connectivity index (χ1v) is 8.52. The minimum Gasteiger partial charge on any atom is -0.495 e. The average Bonchev–Trinajstić information content (AvgIpc) is 3.09. The number of furan rings is 1. The number of thiocarbonyl (C=S) groups is 1. The van der Waals surface area contributed by atoms with E-state index in [1.165, 1.54) is 5.56 Å². The van der Waals surface area contributed by atoms with Crippen LogP contribution in [0, 0.1) is 6.92 Å². The van der Waals surface area contributed by atoms with Crippen molar-refractivity contribution in [3.05, 3.63) is 47.9 Å². The number of methoxy groups -OCH3 is 1. The molecule has 1 aromatic heterocycles. The van der Waals surface area contributed by atoms with Gasteiger partial charge in [0, 0.05) is 26.2 Å². The molecule has 2 aromatic rings. The molecule has 0 unspecified atom stereocenters. The van der Waals surface area contributed by atoms with Crippen molar-refractivity contribution in [1.82, 2.24) is 9.80 Å². The van der Waals surface area contributed by atoms with E-state index in [9.17, 15) is 0 Å². The lowest BCUT2D eigenvalue weighted by Crippen LogP contribution is -2.49. The molecule has 0 aliphatic carbocycles. The van der Waals surface area contributed by atoms with E-state index in [1.807, 2.05) is 24.3 Å². The van der Waals surface area contributed by atoms with Crippen molar-refractivity contribution in [2.45, 2.75) is 13.5 Å². The molecule has 6 heteroatoms. The minimum atomic E-state index is 0.747. The highest BCUT2D eigenvalue weighted by atomic mass is 32.1. The Bertz CT molecular complexity index is 680. The van der Waals surface area contributed by atoms with Gasteiger partial charge in [-0.05, 0) is 49.0 Å². The highest BCUT2D eigenvalue weighted by Gasteiger charge is 2.20. The lowest BCUT2D eigenvalue weighted by molar-refractivity contribution is 0.166. The number of hydrogen-bond acceptors (Lipinski definition) is 4. The molecule has 1 fully saturated rings. The van der Waals surface area contributed by atoms with E-state index >= 15 is 0 Å². The van der Waals surface area contributed by atoms with Gasteiger partial charge in [0.1, 0.15) is 11.5 Å². The van der Waals surface area contributed by atoms with Crippen LogP contribution in [0.15, 0.2) is 41.0 Å². The smallest absolute Gasteiger partial charge is 0.173 e. The third-order valence-electron chi connectivity index (χ3n) is 4.22. The molecule has 1 N–H and O–H groups in total. The quantitative estimate of drug-likeness (QED) is 0.859. The maximum Gasteiger partial charge on any atom is 0.173 e. The van der Waals surface area contributed by atoms with Gasteiger partial charge in [0.2, 0.25) is 0 Å². The first kappa shape index (κ1) is 16.8. The van der Waals surface area contributed by atoms with E-state index < -0.39 is 0 Å². The number of hydrogen-bond donors (Lipinski definition) is 1. The van der Waals surface area contributed by atoms with E-state index in [4.69, 9.17) is 21.4 Å².